The molecule has 5 heteroatoms. The minimum absolute atomic E-state index is 0.0667. The Kier molecular flexibility index (Phi) is 3.30. The number of carbonyl (C=O) groups is 2. The summed E-state index contributed by atoms with van der Waals surface area (Å²) in [5.41, 5.74) is -0.806. The summed E-state index contributed by atoms with van der Waals surface area (Å²) in [6.45, 7) is 3.04. The molecule has 1 N–H and O–H groups in total. The summed E-state index contributed by atoms with van der Waals surface area (Å²) in [7, 11) is 0. The summed E-state index contributed by atoms with van der Waals surface area (Å²) in [6.07, 6.45) is 2.12. The second-order valence-corrected chi connectivity index (χ2v) is 5.09. The van der Waals surface area contributed by atoms with E-state index in [9.17, 15) is 19.1 Å². The van der Waals surface area contributed by atoms with Gasteiger partial charge in [0.25, 0.3) is 0 Å². The van der Waals surface area contributed by atoms with Gasteiger partial charge in [0.1, 0.15) is 5.82 Å². The molecule has 0 aliphatic heterocycles. The Morgan fingerprint density at radius 3 is 2.58 bits per heavy atom. The molecule has 1 atom stereocenters. The summed E-state index contributed by atoms with van der Waals surface area (Å²) < 4.78 is 13.7. The van der Waals surface area contributed by atoms with Crippen LogP contribution in [0.4, 0.5) is 4.39 Å². The van der Waals surface area contributed by atoms with E-state index in [1.807, 2.05) is 0 Å². The number of halogens is 1. The number of carboxylic acids is 1. The van der Waals surface area contributed by atoms with Crippen molar-refractivity contribution in [2.24, 2.45) is 0 Å². The summed E-state index contributed by atoms with van der Waals surface area (Å²) >= 11 is 0. The molecule has 1 aromatic carbocycles. The monoisotopic (exact) mass is 265 g/mol. The molecule has 102 valence electrons. The second kappa shape index (κ2) is 4.64. The van der Waals surface area contributed by atoms with Crippen LogP contribution in [0.15, 0.2) is 18.2 Å². The maximum absolute atomic E-state index is 13.7. The minimum Gasteiger partial charge on any atom is -0.479 e. The first kappa shape index (κ1) is 13.5. The van der Waals surface area contributed by atoms with Crippen molar-refractivity contribution >= 4 is 12.4 Å². The Morgan fingerprint density at radius 2 is 2.16 bits per heavy atom. The molecule has 0 radical (unpaired) electrons. The number of amides is 1. The summed E-state index contributed by atoms with van der Waals surface area (Å²) in [6, 6.07) is 4.22. The fourth-order valence-electron chi connectivity index (χ4n) is 2.19. The highest BCUT2D eigenvalue weighted by Gasteiger charge is 2.47. The lowest BCUT2D eigenvalue weighted by molar-refractivity contribution is -0.155. The molecule has 1 aliphatic carbocycles. The van der Waals surface area contributed by atoms with E-state index in [4.69, 9.17) is 0 Å². The van der Waals surface area contributed by atoms with Gasteiger partial charge in [-0.25, -0.2) is 9.18 Å². The molecule has 1 aliphatic rings. The van der Waals surface area contributed by atoms with Crippen molar-refractivity contribution in [3.63, 3.8) is 0 Å². The molecule has 1 aromatic rings. The average molecular weight is 265 g/mol. The molecule has 0 saturated heterocycles. The minimum atomic E-state index is -1.53. The van der Waals surface area contributed by atoms with Crippen molar-refractivity contribution in [3.05, 3.63) is 35.1 Å². The second-order valence-electron chi connectivity index (χ2n) is 5.09. The first-order valence-electron chi connectivity index (χ1n) is 6.15. The number of aryl methyl sites for hydroxylation is 1. The fourth-order valence-corrected chi connectivity index (χ4v) is 2.19. The van der Waals surface area contributed by atoms with Gasteiger partial charge in [-0.3, -0.25) is 4.79 Å². The number of nitrogens with zero attached hydrogens (tertiary/aromatic N) is 1. The van der Waals surface area contributed by atoms with E-state index in [0.29, 0.717) is 12.0 Å². The van der Waals surface area contributed by atoms with E-state index in [2.05, 4.69) is 0 Å². The van der Waals surface area contributed by atoms with Crippen LogP contribution in [0.25, 0.3) is 0 Å². The van der Waals surface area contributed by atoms with Crippen molar-refractivity contribution < 1.29 is 19.1 Å². The van der Waals surface area contributed by atoms with Gasteiger partial charge >= 0.3 is 5.97 Å². The maximum atomic E-state index is 13.7. The molecule has 1 amide bonds. The number of benzene rings is 1. The van der Waals surface area contributed by atoms with Crippen LogP contribution in [-0.4, -0.2) is 28.4 Å². The molecule has 0 spiro atoms. The number of carbonyl (C=O) groups excluding carboxylic acids is 1. The molecule has 0 bridgehead atoms. The highest BCUT2D eigenvalue weighted by atomic mass is 19.1. The van der Waals surface area contributed by atoms with Crippen LogP contribution in [0, 0.1) is 12.7 Å². The largest absolute Gasteiger partial charge is 0.479 e. The molecule has 1 fully saturated rings. The number of aliphatic carboxylic acids is 1. The quantitative estimate of drug-likeness (QED) is 0.829. The standard InChI is InChI=1S/C14H16FNO3/c1-9-3-4-10(7-12(9)15)14(2,13(18)19)16(8-17)11-5-6-11/h3-4,7-8,11H,5-6H2,1-2H3,(H,18,19). The van der Waals surface area contributed by atoms with E-state index in [1.165, 1.54) is 24.0 Å². The third kappa shape index (κ3) is 2.20. The highest BCUT2D eigenvalue weighted by Crippen LogP contribution is 2.37. The zero-order chi connectivity index (χ0) is 14.2. The first-order chi connectivity index (χ1) is 8.91. The van der Waals surface area contributed by atoms with E-state index in [-0.39, 0.29) is 11.6 Å². The SMILES string of the molecule is Cc1ccc(C(C)(C(=O)O)N(C=O)C2CC2)cc1F. The molecular weight excluding hydrogens is 249 g/mol. The number of hydrogen-bond acceptors (Lipinski definition) is 2. The van der Waals surface area contributed by atoms with E-state index in [0.717, 1.165) is 12.8 Å². The number of rotatable bonds is 5. The van der Waals surface area contributed by atoms with Crippen molar-refractivity contribution in [2.75, 3.05) is 0 Å². The Morgan fingerprint density at radius 1 is 1.53 bits per heavy atom. The van der Waals surface area contributed by atoms with Gasteiger partial charge in [0.05, 0.1) is 0 Å². The molecule has 0 aromatic heterocycles. The predicted molar refractivity (Wildman–Crippen MR) is 67.0 cm³/mol. The van der Waals surface area contributed by atoms with Crippen LogP contribution >= 0.6 is 0 Å². The van der Waals surface area contributed by atoms with Crippen LogP contribution in [0.5, 0.6) is 0 Å². The molecule has 0 heterocycles. The lowest BCUT2D eigenvalue weighted by atomic mass is 9.89. The Balaban J connectivity index is 2.51. The van der Waals surface area contributed by atoms with Crippen LogP contribution in [0.2, 0.25) is 0 Å². The van der Waals surface area contributed by atoms with Crippen molar-refractivity contribution in [1.82, 2.24) is 4.90 Å². The van der Waals surface area contributed by atoms with E-state index >= 15 is 0 Å². The molecule has 4 nitrogen and oxygen atoms in total. The third-order valence-corrected chi connectivity index (χ3v) is 3.72. The zero-order valence-corrected chi connectivity index (χ0v) is 10.9. The van der Waals surface area contributed by atoms with Gasteiger partial charge in [-0.2, -0.15) is 0 Å². The average Bonchev–Trinajstić information content (AvgIpc) is 3.17. The van der Waals surface area contributed by atoms with E-state index < -0.39 is 17.3 Å². The summed E-state index contributed by atoms with van der Waals surface area (Å²) in [4.78, 5) is 24.1. The number of carboxylic acid groups (broad SMARTS) is 1. The van der Waals surface area contributed by atoms with Crippen LogP contribution in [0.3, 0.4) is 0 Å². The lowest BCUT2D eigenvalue weighted by Crippen LogP contribution is -2.50. The van der Waals surface area contributed by atoms with Crippen molar-refractivity contribution in [3.8, 4) is 0 Å². The van der Waals surface area contributed by atoms with Gasteiger partial charge < -0.3 is 10.0 Å². The molecule has 1 unspecified atom stereocenters. The summed E-state index contributed by atoms with van der Waals surface area (Å²) in [5, 5.41) is 9.50. The summed E-state index contributed by atoms with van der Waals surface area (Å²) in [5.74, 6) is -1.62. The van der Waals surface area contributed by atoms with Gasteiger partial charge in [-0.1, -0.05) is 12.1 Å². The number of hydrogen-bond donors (Lipinski definition) is 1. The highest BCUT2D eigenvalue weighted by molar-refractivity contribution is 5.83. The van der Waals surface area contributed by atoms with Gasteiger partial charge in [0.2, 0.25) is 6.41 Å². The van der Waals surface area contributed by atoms with Crippen molar-refractivity contribution in [2.45, 2.75) is 38.3 Å². The topological polar surface area (TPSA) is 57.6 Å². The predicted octanol–water partition coefficient (Wildman–Crippen LogP) is 2.05. The first-order valence-corrected chi connectivity index (χ1v) is 6.15. The Labute approximate surface area is 110 Å². The smallest absolute Gasteiger partial charge is 0.334 e. The Hall–Kier alpha value is -1.91. The van der Waals surface area contributed by atoms with Gasteiger partial charge in [-0.15, -0.1) is 0 Å². The van der Waals surface area contributed by atoms with Crippen LogP contribution in [-0.2, 0) is 15.1 Å². The van der Waals surface area contributed by atoms with Gasteiger partial charge in [0, 0.05) is 6.04 Å². The molecular formula is C14H16FNO3. The van der Waals surface area contributed by atoms with Crippen LogP contribution in [0.1, 0.15) is 30.9 Å². The normalized spacial score (nSPS) is 17.6. The van der Waals surface area contributed by atoms with Gasteiger partial charge in [0.15, 0.2) is 5.54 Å². The van der Waals surface area contributed by atoms with E-state index in [1.54, 1.807) is 13.0 Å². The van der Waals surface area contributed by atoms with Crippen molar-refractivity contribution in [1.29, 1.82) is 0 Å². The maximum Gasteiger partial charge on any atom is 0.334 e. The molecule has 1 saturated carbocycles. The Bertz CT molecular complexity index is 527. The molecule has 19 heavy (non-hydrogen) atoms. The fraction of sp³-hybridized carbons (Fsp3) is 0.429. The lowest BCUT2D eigenvalue weighted by Gasteiger charge is -2.36. The molecule has 2 rings (SSSR count). The van der Waals surface area contributed by atoms with Crippen LogP contribution < -0.4 is 0 Å². The van der Waals surface area contributed by atoms with Gasteiger partial charge in [-0.05, 0) is 43.9 Å². The zero-order valence-electron chi connectivity index (χ0n) is 10.9. The third-order valence-electron chi connectivity index (χ3n) is 3.72.